The largest absolute Gasteiger partial charge is 0.324 e. The molecule has 4 rings (SSSR count). The van der Waals surface area contributed by atoms with E-state index >= 15 is 0 Å². The molecule has 4 saturated carbocycles. The van der Waals surface area contributed by atoms with Crippen LogP contribution in [0.3, 0.4) is 0 Å². The number of ketones is 1. The van der Waals surface area contributed by atoms with Gasteiger partial charge in [0.05, 0.1) is 18.8 Å². The molecule has 166 valence electrons. The van der Waals surface area contributed by atoms with Gasteiger partial charge < -0.3 is 16.6 Å². The molecule has 4 aliphatic carbocycles. The molecule has 0 amide bonds. The van der Waals surface area contributed by atoms with Crippen molar-refractivity contribution in [2.45, 2.75) is 83.2 Å². The van der Waals surface area contributed by atoms with Crippen molar-refractivity contribution in [1.29, 1.82) is 5.41 Å². The van der Waals surface area contributed by atoms with Gasteiger partial charge >= 0.3 is 0 Å². The number of Topliss-reactive ketones (excluding diaryl/α,β-unsaturated/α-hetero) is 1. The Balaban J connectivity index is 1.63. The van der Waals surface area contributed by atoms with E-state index in [4.69, 9.17) is 11.1 Å². The number of nitrogens with two attached hydrogens (primary N) is 1. The predicted octanol–water partition coefficient (Wildman–Crippen LogP) is 3.66. The van der Waals surface area contributed by atoms with E-state index in [2.05, 4.69) is 29.6 Å². The summed E-state index contributed by atoms with van der Waals surface area (Å²) in [5.74, 6) is 1.05. The molecule has 7 nitrogen and oxygen atoms in total. The zero-order valence-corrected chi connectivity index (χ0v) is 18.4. The Labute approximate surface area is 179 Å². The van der Waals surface area contributed by atoms with E-state index in [-0.39, 0.29) is 47.0 Å². The van der Waals surface area contributed by atoms with E-state index in [0.29, 0.717) is 12.3 Å². The number of nitrogens with one attached hydrogen (secondary N) is 2. The fourth-order valence-corrected chi connectivity index (χ4v) is 8.63. The molecular weight excluding hydrogens is 378 g/mol. The van der Waals surface area contributed by atoms with Crippen LogP contribution in [0.2, 0.25) is 0 Å². The van der Waals surface area contributed by atoms with Crippen molar-refractivity contribution in [3.8, 4) is 0 Å². The lowest BCUT2D eigenvalue weighted by molar-refractivity contribution is -0.144. The highest BCUT2D eigenvalue weighted by molar-refractivity contribution is 6.14. The summed E-state index contributed by atoms with van der Waals surface area (Å²) >= 11 is 0. The van der Waals surface area contributed by atoms with Crippen molar-refractivity contribution in [3.05, 3.63) is 4.91 Å². The summed E-state index contributed by atoms with van der Waals surface area (Å²) in [6.07, 6.45) is 11.8. The minimum absolute atomic E-state index is 0.0935. The van der Waals surface area contributed by atoms with Gasteiger partial charge in [0.1, 0.15) is 0 Å². The van der Waals surface area contributed by atoms with Crippen LogP contribution >= 0.6 is 0 Å². The van der Waals surface area contributed by atoms with Crippen LogP contribution in [-0.4, -0.2) is 36.3 Å². The van der Waals surface area contributed by atoms with Gasteiger partial charge in [0.2, 0.25) is 0 Å². The SMILES string of the molecule is CC12CC(N=O)C3C4(C)CCCCC4CCC3(N)C1CCC2C(=O)CN/N=C\C=N. The lowest BCUT2D eigenvalue weighted by Gasteiger charge is -2.66. The minimum atomic E-state index is -0.408. The molecule has 0 aromatic heterocycles. The van der Waals surface area contributed by atoms with Gasteiger partial charge in [-0.3, -0.25) is 4.79 Å². The molecule has 4 aliphatic rings. The Morgan fingerprint density at radius 1 is 1.17 bits per heavy atom. The number of hydrogen-bond acceptors (Lipinski definition) is 7. The van der Waals surface area contributed by atoms with Crippen molar-refractivity contribution in [2.75, 3.05) is 6.54 Å². The first kappa shape index (κ1) is 21.6. The average Bonchev–Trinajstić information content (AvgIpc) is 3.08. The number of nitrogens with zero attached hydrogens (tertiary/aromatic N) is 2. The summed E-state index contributed by atoms with van der Waals surface area (Å²) in [5.41, 5.74) is 9.48. The van der Waals surface area contributed by atoms with E-state index < -0.39 is 5.54 Å². The first-order valence-corrected chi connectivity index (χ1v) is 11.7. The molecule has 0 heterocycles. The molecule has 0 saturated heterocycles. The van der Waals surface area contributed by atoms with Crippen molar-refractivity contribution < 1.29 is 4.79 Å². The second kappa shape index (κ2) is 7.81. The molecule has 30 heavy (non-hydrogen) atoms. The van der Waals surface area contributed by atoms with Crippen molar-refractivity contribution in [2.24, 2.45) is 50.5 Å². The molecule has 0 aromatic carbocycles. The summed E-state index contributed by atoms with van der Waals surface area (Å²) < 4.78 is 0. The fraction of sp³-hybridized carbons (Fsp3) is 0.870. The maximum absolute atomic E-state index is 13.1. The summed E-state index contributed by atoms with van der Waals surface area (Å²) in [7, 11) is 0. The van der Waals surface area contributed by atoms with Gasteiger partial charge in [0, 0.05) is 23.6 Å². The maximum atomic E-state index is 13.1. The molecule has 4 fully saturated rings. The lowest BCUT2D eigenvalue weighted by atomic mass is 9.41. The van der Waals surface area contributed by atoms with Crippen molar-refractivity contribution in [3.63, 3.8) is 0 Å². The van der Waals surface area contributed by atoms with Gasteiger partial charge in [0.25, 0.3) is 0 Å². The highest BCUT2D eigenvalue weighted by Crippen LogP contribution is 2.68. The normalized spacial score (nSPS) is 47.8. The van der Waals surface area contributed by atoms with E-state index in [1.807, 2.05) is 0 Å². The standard InChI is InChI=1S/C23H37N5O2/c1-21-9-4-3-5-15(21)8-10-23(25)19-7-6-16(18(29)14-27-26-12-11-24)22(19,2)13-17(28-30)20(21)23/h11-12,15-17,19-20,24,27H,3-10,13-14,25H2,1-2H3/b24-11?,26-12-. The third kappa shape index (κ3) is 3.07. The zero-order chi connectivity index (χ0) is 21.6. The Kier molecular flexibility index (Phi) is 5.62. The third-order valence-corrected chi connectivity index (χ3v) is 9.70. The van der Waals surface area contributed by atoms with Crippen LogP contribution in [0, 0.1) is 44.8 Å². The Bertz CT molecular complexity index is 741. The molecule has 0 bridgehead atoms. The first-order valence-electron chi connectivity index (χ1n) is 11.7. The Morgan fingerprint density at radius 2 is 1.97 bits per heavy atom. The maximum Gasteiger partial charge on any atom is 0.157 e. The van der Waals surface area contributed by atoms with E-state index in [9.17, 15) is 9.70 Å². The van der Waals surface area contributed by atoms with Gasteiger partial charge in [-0.25, -0.2) is 0 Å². The van der Waals surface area contributed by atoms with Crippen LogP contribution in [0.15, 0.2) is 10.3 Å². The molecule has 7 heteroatoms. The fourth-order valence-electron chi connectivity index (χ4n) is 8.63. The smallest absolute Gasteiger partial charge is 0.157 e. The van der Waals surface area contributed by atoms with Crippen molar-refractivity contribution >= 4 is 18.2 Å². The molecule has 4 N–H and O–H groups in total. The lowest BCUT2D eigenvalue weighted by Crippen LogP contribution is -2.71. The van der Waals surface area contributed by atoms with Crippen LogP contribution in [0.25, 0.3) is 0 Å². The molecule has 0 spiro atoms. The number of carbonyl (C=O) groups is 1. The zero-order valence-electron chi connectivity index (χ0n) is 18.4. The number of hydrogen-bond donors (Lipinski definition) is 3. The summed E-state index contributed by atoms with van der Waals surface area (Å²) in [6, 6.07) is -0.306. The molecule has 0 aliphatic heterocycles. The molecule has 8 unspecified atom stereocenters. The summed E-state index contributed by atoms with van der Waals surface area (Å²) in [4.78, 5) is 25.3. The van der Waals surface area contributed by atoms with Crippen LogP contribution < -0.4 is 11.2 Å². The van der Waals surface area contributed by atoms with Gasteiger partial charge in [0.15, 0.2) is 5.78 Å². The first-order chi connectivity index (χ1) is 14.3. The highest BCUT2D eigenvalue weighted by Gasteiger charge is 2.69. The second-order valence-electron chi connectivity index (χ2n) is 10.9. The summed E-state index contributed by atoms with van der Waals surface area (Å²) in [5, 5.41) is 14.5. The minimum Gasteiger partial charge on any atom is -0.324 e. The molecule has 8 atom stereocenters. The quantitative estimate of drug-likeness (QED) is 0.348. The van der Waals surface area contributed by atoms with Crippen LogP contribution in [0.5, 0.6) is 0 Å². The van der Waals surface area contributed by atoms with Gasteiger partial charge in [-0.15, -0.1) is 0 Å². The summed E-state index contributed by atoms with van der Waals surface area (Å²) in [6.45, 7) is 4.72. The highest BCUT2D eigenvalue weighted by atomic mass is 16.3. The number of rotatable bonds is 6. The van der Waals surface area contributed by atoms with Crippen LogP contribution in [-0.2, 0) is 4.79 Å². The Morgan fingerprint density at radius 3 is 2.70 bits per heavy atom. The van der Waals surface area contributed by atoms with E-state index in [0.717, 1.165) is 38.3 Å². The van der Waals surface area contributed by atoms with Crippen LogP contribution in [0.4, 0.5) is 0 Å². The van der Waals surface area contributed by atoms with E-state index in [1.54, 1.807) is 0 Å². The molecule has 0 aromatic rings. The number of carbonyl (C=O) groups excluding carboxylic acids is 1. The number of hydrazone groups is 1. The number of fused-ring (bicyclic) bond motifs is 5. The number of nitroso groups, excluding NO2 is 1. The monoisotopic (exact) mass is 415 g/mol. The topological polar surface area (TPSA) is 121 Å². The molecule has 0 radical (unpaired) electrons. The van der Waals surface area contributed by atoms with E-state index in [1.165, 1.54) is 25.5 Å². The van der Waals surface area contributed by atoms with Crippen LogP contribution in [0.1, 0.15) is 71.6 Å². The predicted molar refractivity (Wildman–Crippen MR) is 119 cm³/mol. The average molecular weight is 416 g/mol. The second-order valence-corrected chi connectivity index (χ2v) is 10.9. The van der Waals surface area contributed by atoms with Gasteiger partial charge in [-0.1, -0.05) is 31.9 Å². The Hall–Kier alpha value is -1.63. The third-order valence-electron chi connectivity index (χ3n) is 9.70. The molecular formula is C23H37N5O2. The van der Waals surface area contributed by atoms with Gasteiger partial charge in [-0.2, -0.15) is 10.0 Å². The van der Waals surface area contributed by atoms with Gasteiger partial charge in [-0.05, 0) is 67.6 Å². The van der Waals surface area contributed by atoms with Crippen molar-refractivity contribution in [1.82, 2.24) is 5.43 Å².